The maximum atomic E-state index is 11.6. The molecular weight excluding hydrogens is 236 g/mol. The van der Waals surface area contributed by atoms with Crippen LogP contribution in [0, 0.1) is 0 Å². The minimum atomic E-state index is -0.101. The number of amides is 1. The van der Waals surface area contributed by atoms with Crippen LogP contribution in [0.4, 0.5) is 11.8 Å². The molecule has 0 aliphatic heterocycles. The molecule has 1 heterocycles. The van der Waals surface area contributed by atoms with Gasteiger partial charge in [-0.15, -0.1) is 0 Å². The highest BCUT2D eigenvalue weighted by atomic mass is 16.5. The lowest BCUT2D eigenvalue weighted by Crippen LogP contribution is -2.37. The van der Waals surface area contributed by atoms with Crippen molar-refractivity contribution in [2.24, 2.45) is 5.84 Å². The van der Waals surface area contributed by atoms with Gasteiger partial charge in [-0.25, -0.2) is 10.8 Å². The normalized spacial score (nSPS) is 9.94. The Labute approximate surface area is 106 Å². The van der Waals surface area contributed by atoms with Crippen LogP contribution in [0.2, 0.25) is 0 Å². The number of hydrogen-bond donors (Lipinski definition) is 3. The Hall–Kier alpha value is -1.93. The number of nitrogens with one attached hydrogen (secondary N) is 2. The summed E-state index contributed by atoms with van der Waals surface area (Å²) in [6, 6.07) is 1.70. The number of aromatic nitrogens is 2. The van der Waals surface area contributed by atoms with E-state index in [-0.39, 0.29) is 12.5 Å². The Morgan fingerprint density at radius 1 is 1.61 bits per heavy atom. The first-order valence-corrected chi connectivity index (χ1v) is 5.43. The third-order valence-corrected chi connectivity index (χ3v) is 2.17. The molecule has 100 valence electrons. The fourth-order valence-electron chi connectivity index (χ4n) is 1.28. The average Bonchev–Trinajstić information content (AvgIpc) is 2.39. The van der Waals surface area contributed by atoms with Crippen molar-refractivity contribution in [1.29, 1.82) is 0 Å². The molecule has 8 nitrogen and oxygen atoms in total. The van der Waals surface area contributed by atoms with Crippen molar-refractivity contribution in [3.8, 4) is 0 Å². The minimum Gasteiger partial charge on any atom is -0.383 e. The van der Waals surface area contributed by atoms with Crippen LogP contribution in [0.15, 0.2) is 12.3 Å². The van der Waals surface area contributed by atoms with Gasteiger partial charge < -0.3 is 15.0 Å². The Morgan fingerprint density at radius 2 is 2.39 bits per heavy atom. The van der Waals surface area contributed by atoms with Crippen LogP contribution in [0.3, 0.4) is 0 Å². The van der Waals surface area contributed by atoms with Crippen molar-refractivity contribution in [2.75, 3.05) is 44.2 Å². The lowest BCUT2D eigenvalue weighted by atomic mass is 10.4. The predicted octanol–water partition coefficient (Wildman–Crippen LogP) is -1.04. The fraction of sp³-hybridized carbons (Fsp3) is 0.500. The topological polar surface area (TPSA) is 105 Å². The van der Waals surface area contributed by atoms with E-state index in [9.17, 15) is 4.79 Å². The zero-order chi connectivity index (χ0) is 13.4. The number of methoxy groups -OCH3 is 1. The average molecular weight is 254 g/mol. The van der Waals surface area contributed by atoms with E-state index in [1.807, 2.05) is 0 Å². The molecule has 8 heteroatoms. The van der Waals surface area contributed by atoms with Crippen molar-refractivity contribution < 1.29 is 9.53 Å². The second-order valence-corrected chi connectivity index (χ2v) is 3.58. The Bertz CT molecular complexity index is 386. The molecule has 0 saturated heterocycles. The highest BCUT2D eigenvalue weighted by Gasteiger charge is 2.08. The van der Waals surface area contributed by atoms with E-state index in [1.165, 1.54) is 0 Å². The molecule has 18 heavy (non-hydrogen) atoms. The van der Waals surface area contributed by atoms with Crippen molar-refractivity contribution in [2.45, 2.75) is 0 Å². The van der Waals surface area contributed by atoms with Gasteiger partial charge in [0.15, 0.2) is 0 Å². The van der Waals surface area contributed by atoms with Crippen molar-refractivity contribution in [1.82, 2.24) is 15.3 Å². The number of nitrogens with zero attached hydrogens (tertiary/aromatic N) is 3. The third-order valence-electron chi connectivity index (χ3n) is 2.17. The van der Waals surface area contributed by atoms with Crippen molar-refractivity contribution >= 4 is 17.7 Å². The third kappa shape index (κ3) is 4.52. The van der Waals surface area contributed by atoms with Gasteiger partial charge in [0.05, 0.1) is 13.2 Å². The van der Waals surface area contributed by atoms with Gasteiger partial charge in [0.2, 0.25) is 11.9 Å². The summed E-state index contributed by atoms with van der Waals surface area (Å²) < 4.78 is 4.84. The van der Waals surface area contributed by atoms with Crippen LogP contribution < -0.4 is 21.5 Å². The first-order valence-electron chi connectivity index (χ1n) is 5.43. The van der Waals surface area contributed by atoms with Crippen molar-refractivity contribution in [3.05, 3.63) is 12.3 Å². The number of anilines is 2. The summed E-state index contributed by atoms with van der Waals surface area (Å²) in [6.45, 7) is 1.18. The van der Waals surface area contributed by atoms with Crippen LogP contribution in [0.25, 0.3) is 0 Å². The molecule has 1 aromatic heterocycles. The molecule has 0 saturated carbocycles. The maximum Gasteiger partial charge on any atom is 0.239 e. The monoisotopic (exact) mass is 254 g/mol. The van der Waals surface area contributed by atoms with E-state index >= 15 is 0 Å². The standard InChI is InChI=1S/C10H18N6O2/c1-16(7-9(17)12-5-6-18-2)8-3-4-13-10(14-8)15-11/h3-4H,5-7,11H2,1-2H3,(H,12,17)(H,13,14,15). The van der Waals surface area contributed by atoms with Gasteiger partial charge in [0.25, 0.3) is 0 Å². The minimum absolute atomic E-state index is 0.101. The maximum absolute atomic E-state index is 11.6. The van der Waals surface area contributed by atoms with Gasteiger partial charge in [-0.1, -0.05) is 0 Å². The largest absolute Gasteiger partial charge is 0.383 e. The molecule has 1 rings (SSSR count). The van der Waals surface area contributed by atoms with Gasteiger partial charge >= 0.3 is 0 Å². The SMILES string of the molecule is COCCNC(=O)CN(C)c1ccnc(NN)n1. The van der Waals surface area contributed by atoms with Crippen LogP contribution in [0.5, 0.6) is 0 Å². The summed E-state index contributed by atoms with van der Waals surface area (Å²) in [5, 5.41) is 2.72. The number of hydrazine groups is 1. The summed E-state index contributed by atoms with van der Waals surface area (Å²) in [5.41, 5.74) is 2.35. The van der Waals surface area contributed by atoms with Gasteiger partial charge in [0, 0.05) is 26.9 Å². The van der Waals surface area contributed by atoms with Crippen LogP contribution >= 0.6 is 0 Å². The molecule has 0 radical (unpaired) electrons. The summed E-state index contributed by atoms with van der Waals surface area (Å²) in [7, 11) is 3.35. The Balaban J connectivity index is 2.48. The summed E-state index contributed by atoms with van der Waals surface area (Å²) >= 11 is 0. The fourth-order valence-corrected chi connectivity index (χ4v) is 1.28. The number of carbonyl (C=O) groups is 1. The van der Waals surface area contributed by atoms with Gasteiger partial charge in [0.1, 0.15) is 5.82 Å². The molecule has 1 amide bonds. The second kappa shape index (κ2) is 7.41. The van der Waals surface area contributed by atoms with Gasteiger partial charge in [-0.2, -0.15) is 4.98 Å². The molecule has 0 aliphatic rings. The number of hydrogen-bond acceptors (Lipinski definition) is 7. The second-order valence-electron chi connectivity index (χ2n) is 3.58. The van der Waals surface area contributed by atoms with E-state index in [2.05, 4.69) is 20.7 Å². The molecule has 0 atom stereocenters. The van der Waals surface area contributed by atoms with E-state index in [0.717, 1.165) is 0 Å². The van der Waals surface area contributed by atoms with E-state index in [4.69, 9.17) is 10.6 Å². The van der Waals surface area contributed by atoms with Crippen molar-refractivity contribution in [3.63, 3.8) is 0 Å². The molecule has 0 spiro atoms. The van der Waals surface area contributed by atoms with Crippen LogP contribution in [-0.2, 0) is 9.53 Å². The zero-order valence-electron chi connectivity index (χ0n) is 10.5. The van der Waals surface area contributed by atoms with E-state index < -0.39 is 0 Å². The van der Waals surface area contributed by atoms with Crippen LogP contribution in [-0.4, -0.2) is 49.7 Å². The number of ether oxygens (including phenoxy) is 1. The number of carbonyl (C=O) groups excluding carboxylic acids is 1. The molecule has 0 bridgehead atoms. The lowest BCUT2D eigenvalue weighted by molar-refractivity contribution is -0.119. The molecule has 0 aromatic carbocycles. The first kappa shape index (κ1) is 14.1. The molecule has 0 aliphatic carbocycles. The predicted molar refractivity (Wildman–Crippen MR) is 68.0 cm³/mol. The first-order chi connectivity index (χ1) is 8.67. The van der Waals surface area contributed by atoms with Gasteiger partial charge in [-0.05, 0) is 6.07 Å². The molecule has 4 N–H and O–H groups in total. The number of nitrogen functional groups attached to an aromatic ring is 1. The quantitative estimate of drug-likeness (QED) is 0.324. The summed E-state index contributed by atoms with van der Waals surface area (Å²) in [4.78, 5) is 21.3. The van der Waals surface area contributed by atoms with Gasteiger partial charge in [-0.3, -0.25) is 10.2 Å². The summed E-state index contributed by atoms with van der Waals surface area (Å²) in [6.07, 6.45) is 1.57. The zero-order valence-corrected chi connectivity index (χ0v) is 10.5. The Morgan fingerprint density at radius 3 is 3.06 bits per heavy atom. The smallest absolute Gasteiger partial charge is 0.239 e. The molecule has 0 unspecified atom stereocenters. The Kier molecular flexibility index (Phi) is 5.81. The lowest BCUT2D eigenvalue weighted by Gasteiger charge is -2.17. The molecule has 1 aromatic rings. The highest BCUT2D eigenvalue weighted by molar-refractivity contribution is 5.80. The van der Waals surface area contributed by atoms with Crippen LogP contribution in [0.1, 0.15) is 0 Å². The molecule has 0 fully saturated rings. The molecular formula is C10H18N6O2. The van der Waals surface area contributed by atoms with E-state index in [0.29, 0.717) is 24.9 Å². The number of likely N-dealkylation sites (N-methyl/N-ethyl adjacent to an activating group) is 1. The number of nitrogens with two attached hydrogens (primary N) is 1. The highest BCUT2D eigenvalue weighted by Crippen LogP contribution is 2.08. The van der Waals surface area contributed by atoms with E-state index in [1.54, 1.807) is 31.3 Å². The number of rotatable bonds is 7. The summed E-state index contributed by atoms with van der Waals surface area (Å²) in [5.74, 6) is 6.03.